The van der Waals surface area contributed by atoms with Crippen LogP contribution in [0.5, 0.6) is 0 Å². The summed E-state index contributed by atoms with van der Waals surface area (Å²) < 4.78 is 24.5. The number of carbonyl (C=O) groups excluding carboxylic acids is 1. The van der Waals surface area contributed by atoms with Crippen molar-refractivity contribution in [3.8, 4) is 0 Å². The first kappa shape index (κ1) is 18.1. The van der Waals surface area contributed by atoms with E-state index in [-0.39, 0.29) is 4.90 Å². The van der Waals surface area contributed by atoms with Crippen molar-refractivity contribution in [2.24, 2.45) is 0 Å². The number of sulfone groups is 1. The largest absolute Gasteiger partial charge is 0.353 e. The van der Waals surface area contributed by atoms with Gasteiger partial charge >= 0.3 is 0 Å². The molecule has 0 radical (unpaired) electrons. The third-order valence-corrected chi connectivity index (χ3v) is 6.13. The molecule has 5 nitrogen and oxygen atoms in total. The van der Waals surface area contributed by atoms with Crippen molar-refractivity contribution >= 4 is 31.7 Å². The maximum Gasteiger partial charge on any atom is 0.241 e. The molecule has 0 aliphatic rings. The van der Waals surface area contributed by atoms with E-state index in [1.807, 2.05) is 6.92 Å². The van der Waals surface area contributed by atoms with Crippen LogP contribution in [0.15, 0.2) is 33.6 Å². The summed E-state index contributed by atoms with van der Waals surface area (Å²) in [5, 5.41) is 5.72. The Morgan fingerprint density at radius 2 is 1.76 bits per heavy atom. The lowest BCUT2D eigenvalue weighted by Gasteiger charge is -2.24. The normalized spacial score (nSPS) is 12.2. The van der Waals surface area contributed by atoms with Crippen LogP contribution in [-0.4, -0.2) is 38.7 Å². The topological polar surface area (TPSA) is 75.3 Å². The average molecular weight is 377 g/mol. The van der Waals surface area contributed by atoms with E-state index in [9.17, 15) is 13.2 Å². The maximum atomic E-state index is 12.6. The van der Waals surface area contributed by atoms with E-state index in [1.54, 1.807) is 12.1 Å². The first-order chi connectivity index (χ1) is 9.73. The second kappa shape index (κ2) is 7.38. The van der Waals surface area contributed by atoms with E-state index in [4.69, 9.17) is 0 Å². The van der Waals surface area contributed by atoms with Crippen LogP contribution in [0.4, 0.5) is 0 Å². The van der Waals surface area contributed by atoms with Gasteiger partial charge < -0.3 is 10.6 Å². The monoisotopic (exact) mass is 376 g/mol. The van der Waals surface area contributed by atoms with Gasteiger partial charge in [-0.2, -0.15) is 0 Å². The van der Waals surface area contributed by atoms with Gasteiger partial charge in [0, 0.05) is 17.6 Å². The fraction of sp³-hybridized carbons (Fsp3) is 0.500. The lowest BCUT2D eigenvalue weighted by molar-refractivity contribution is -0.122. The van der Waals surface area contributed by atoms with Crippen LogP contribution in [0, 0.1) is 0 Å². The first-order valence-corrected chi connectivity index (χ1v) is 9.00. The molecule has 0 saturated heterocycles. The molecule has 21 heavy (non-hydrogen) atoms. The molecule has 118 valence electrons. The zero-order chi connectivity index (χ0) is 16.1. The van der Waals surface area contributed by atoms with E-state index in [0.29, 0.717) is 13.1 Å². The number of rotatable bonds is 7. The molecule has 0 bridgehead atoms. The molecule has 1 aromatic rings. The van der Waals surface area contributed by atoms with Gasteiger partial charge in [0.2, 0.25) is 5.91 Å². The first-order valence-electron chi connectivity index (χ1n) is 6.72. The van der Waals surface area contributed by atoms with Gasteiger partial charge in [-0.1, -0.05) is 22.9 Å². The Hall–Kier alpha value is -0.920. The summed E-state index contributed by atoms with van der Waals surface area (Å²) in [4.78, 5) is 12.3. The predicted molar refractivity (Wildman–Crippen MR) is 87.0 cm³/mol. The molecule has 0 aromatic heterocycles. The van der Waals surface area contributed by atoms with Gasteiger partial charge in [0.05, 0.1) is 4.90 Å². The van der Waals surface area contributed by atoms with Crippen LogP contribution < -0.4 is 10.6 Å². The van der Waals surface area contributed by atoms with Crippen LogP contribution in [0.25, 0.3) is 0 Å². The smallest absolute Gasteiger partial charge is 0.241 e. The van der Waals surface area contributed by atoms with Crippen LogP contribution in [-0.2, 0) is 14.6 Å². The minimum Gasteiger partial charge on any atom is -0.353 e. The minimum absolute atomic E-state index is 0.137. The minimum atomic E-state index is -3.75. The van der Waals surface area contributed by atoms with Gasteiger partial charge in [-0.15, -0.1) is 0 Å². The van der Waals surface area contributed by atoms with Gasteiger partial charge in [-0.3, -0.25) is 4.79 Å². The summed E-state index contributed by atoms with van der Waals surface area (Å²) in [6, 6.07) is 6.28. The average Bonchev–Trinajstić information content (AvgIpc) is 2.43. The molecule has 0 unspecified atom stereocenters. The Bertz CT molecular complexity index is 583. The quantitative estimate of drug-likeness (QED) is 0.710. The summed E-state index contributed by atoms with van der Waals surface area (Å²) in [6.45, 7) is 6.61. The van der Waals surface area contributed by atoms with Gasteiger partial charge in [-0.25, -0.2) is 8.42 Å². The number of hydrogen-bond acceptors (Lipinski definition) is 4. The van der Waals surface area contributed by atoms with E-state index in [0.717, 1.165) is 11.0 Å². The lowest BCUT2D eigenvalue weighted by Crippen LogP contribution is -2.49. The molecule has 0 atom stereocenters. The third kappa shape index (κ3) is 4.28. The van der Waals surface area contributed by atoms with Crippen molar-refractivity contribution in [2.75, 3.05) is 19.6 Å². The SMILES string of the molecule is CCNCCNC(=O)C(C)(C)S(=O)(=O)c1ccc(Br)cc1. The van der Waals surface area contributed by atoms with E-state index in [2.05, 4.69) is 26.6 Å². The standard InChI is InChI=1S/C14H21BrN2O3S/c1-4-16-9-10-17-13(18)14(2,3)21(19,20)12-7-5-11(15)6-8-12/h5-8,16H,4,9-10H2,1-3H3,(H,17,18). The van der Waals surface area contributed by atoms with E-state index in [1.165, 1.54) is 26.0 Å². The third-order valence-electron chi connectivity index (χ3n) is 3.18. The molecule has 1 aromatic carbocycles. The van der Waals surface area contributed by atoms with Crippen molar-refractivity contribution in [1.82, 2.24) is 10.6 Å². The number of carbonyl (C=O) groups is 1. The molecule has 0 saturated carbocycles. The zero-order valence-electron chi connectivity index (χ0n) is 12.4. The van der Waals surface area contributed by atoms with Crippen molar-refractivity contribution in [1.29, 1.82) is 0 Å². The maximum absolute atomic E-state index is 12.6. The number of benzene rings is 1. The fourth-order valence-corrected chi connectivity index (χ4v) is 3.35. The van der Waals surface area contributed by atoms with Gasteiger partial charge in [0.25, 0.3) is 0 Å². The Labute approximate surface area is 134 Å². The summed E-state index contributed by atoms with van der Waals surface area (Å²) in [5.41, 5.74) is 0. The van der Waals surface area contributed by atoms with Crippen LogP contribution in [0.2, 0.25) is 0 Å². The van der Waals surface area contributed by atoms with Crippen LogP contribution in [0.3, 0.4) is 0 Å². The molecular weight excluding hydrogens is 356 g/mol. The van der Waals surface area contributed by atoms with Crippen molar-refractivity contribution in [2.45, 2.75) is 30.4 Å². The number of amides is 1. The van der Waals surface area contributed by atoms with Crippen molar-refractivity contribution < 1.29 is 13.2 Å². The second-order valence-corrected chi connectivity index (χ2v) is 8.49. The van der Waals surface area contributed by atoms with Gasteiger partial charge in [0.1, 0.15) is 4.75 Å². The molecule has 0 spiro atoms. The van der Waals surface area contributed by atoms with Gasteiger partial charge in [0.15, 0.2) is 9.84 Å². The number of nitrogens with one attached hydrogen (secondary N) is 2. The summed E-state index contributed by atoms with van der Waals surface area (Å²) >= 11 is 3.26. The summed E-state index contributed by atoms with van der Waals surface area (Å²) in [7, 11) is -3.75. The van der Waals surface area contributed by atoms with Gasteiger partial charge in [-0.05, 0) is 44.7 Å². The highest BCUT2D eigenvalue weighted by Gasteiger charge is 2.42. The highest BCUT2D eigenvalue weighted by molar-refractivity contribution is 9.10. The lowest BCUT2D eigenvalue weighted by atomic mass is 10.2. The molecule has 0 fully saturated rings. The summed E-state index contributed by atoms with van der Waals surface area (Å²) in [6.07, 6.45) is 0. The van der Waals surface area contributed by atoms with Crippen molar-refractivity contribution in [3.05, 3.63) is 28.7 Å². The Kier molecular flexibility index (Phi) is 6.37. The Morgan fingerprint density at radius 3 is 2.29 bits per heavy atom. The number of halogens is 1. The molecule has 2 N–H and O–H groups in total. The number of likely N-dealkylation sites (N-methyl/N-ethyl adjacent to an activating group) is 1. The fourth-order valence-electron chi connectivity index (χ4n) is 1.68. The molecular formula is C14H21BrN2O3S. The molecule has 1 rings (SSSR count). The summed E-state index contributed by atoms with van der Waals surface area (Å²) in [5.74, 6) is -0.497. The van der Waals surface area contributed by atoms with E-state index < -0.39 is 20.5 Å². The predicted octanol–water partition coefficient (Wildman–Crippen LogP) is 1.73. The molecule has 7 heteroatoms. The molecule has 0 aliphatic heterocycles. The van der Waals surface area contributed by atoms with E-state index >= 15 is 0 Å². The highest BCUT2D eigenvalue weighted by atomic mass is 79.9. The molecule has 0 aliphatic carbocycles. The highest BCUT2D eigenvalue weighted by Crippen LogP contribution is 2.26. The van der Waals surface area contributed by atoms with Crippen LogP contribution >= 0.6 is 15.9 Å². The second-order valence-electron chi connectivity index (χ2n) is 5.08. The Morgan fingerprint density at radius 1 is 1.19 bits per heavy atom. The Balaban J connectivity index is 2.89. The van der Waals surface area contributed by atoms with Crippen LogP contribution in [0.1, 0.15) is 20.8 Å². The molecule has 1 amide bonds. The molecule has 0 heterocycles. The van der Waals surface area contributed by atoms with Crippen molar-refractivity contribution in [3.63, 3.8) is 0 Å². The zero-order valence-corrected chi connectivity index (χ0v) is 14.8. The number of hydrogen-bond donors (Lipinski definition) is 2.